The zero-order chi connectivity index (χ0) is 36.3. The molecule has 8 N–H and O–H groups in total. The normalized spacial score (nSPS) is 18.7. The van der Waals surface area contributed by atoms with Gasteiger partial charge < -0.3 is 51.5 Å². The molecule has 4 rings (SSSR count). The lowest BCUT2D eigenvalue weighted by Gasteiger charge is -2.16. The van der Waals surface area contributed by atoms with Gasteiger partial charge in [-0.15, -0.1) is 5.10 Å². The van der Waals surface area contributed by atoms with Gasteiger partial charge in [0, 0.05) is 54.3 Å². The number of nitrogen functional groups attached to an aromatic ring is 1. The van der Waals surface area contributed by atoms with Crippen LogP contribution in [0.15, 0.2) is 24.4 Å². The number of ketones is 1. The number of carbonyl (C=O) groups excluding carboxylic acids is 3. The highest BCUT2D eigenvalue weighted by Gasteiger charge is 2.42. The van der Waals surface area contributed by atoms with E-state index < -0.39 is 6.04 Å². The van der Waals surface area contributed by atoms with Gasteiger partial charge >= 0.3 is 6.03 Å². The highest BCUT2D eigenvalue weighted by atomic mass is 32.2. The summed E-state index contributed by atoms with van der Waals surface area (Å²) >= 11 is 1.90. The number of aliphatic hydroxyl groups excluding tert-OH is 1. The fraction of sp³-hybridized carbons (Fsp3) is 0.676. The number of hydrogen-bond acceptors (Lipinski definition) is 13. The molecule has 0 bridgehead atoms. The molecule has 3 heterocycles. The van der Waals surface area contributed by atoms with E-state index in [-0.39, 0.29) is 42.8 Å². The zero-order valence-electron chi connectivity index (χ0n) is 29.3. The molecule has 2 aliphatic heterocycles. The number of fused-ring (bicyclic) bond motifs is 1. The van der Waals surface area contributed by atoms with E-state index in [0.717, 1.165) is 49.1 Å². The van der Waals surface area contributed by atoms with Gasteiger partial charge in [-0.2, -0.15) is 11.8 Å². The summed E-state index contributed by atoms with van der Waals surface area (Å²) in [6.07, 6.45) is 6.72. The van der Waals surface area contributed by atoms with Crippen molar-refractivity contribution in [2.75, 3.05) is 70.9 Å². The number of carbonyl (C=O) groups is 3. The van der Waals surface area contributed by atoms with Gasteiger partial charge in [-0.3, -0.25) is 9.59 Å². The number of thioether (sulfide) groups is 1. The van der Waals surface area contributed by atoms with Crippen LogP contribution >= 0.6 is 11.8 Å². The predicted molar refractivity (Wildman–Crippen MR) is 192 cm³/mol. The minimum Gasteiger partial charge on any atom is -0.398 e. The van der Waals surface area contributed by atoms with Gasteiger partial charge in [-0.05, 0) is 43.4 Å². The minimum atomic E-state index is -0.590. The highest BCUT2D eigenvalue weighted by Crippen LogP contribution is 2.33. The molecule has 2 saturated heterocycles. The second-order valence-electron chi connectivity index (χ2n) is 12.7. The third-order valence-electron chi connectivity index (χ3n) is 8.55. The van der Waals surface area contributed by atoms with Crippen molar-refractivity contribution in [1.29, 1.82) is 0 Å². The number of Topliss-reactive ketones (excluding diaryl/α,β-unsaturated/α-hetero) is 1. The van der Waals surface area contributed by atoms with Gasteiger partial charge in [-0.25, -0.2) is 9.48 Å². The number of urea groups is 1. The van der Waals surface area contributed by atoms with Gasteiger partial charge in [-0.1, -0.05) is 17.7 Å². The molecular formula is C34H54N8O8S. The largest absolute Gasteiger partial charge is 0.398 e. The molecular weight excluding hydrogens is 680 g/mol. The maximum Gasteiger partial charge on any atom is 0.315 e. The average Bonchev–Trinajstić information content (AvgIpc) is 3.83. The lowest BCUT2D eigenvalue weighted by molar-refractivity contribution is -0.121. The van der Waals surface area contributed by atoms with E-state index >= 15 is 0 Å². The van der Waals surface area contributed by atoms with Crippen LogP contribution in [-0.4, -0.2) is 126 Å². The van der Waals surface area contributed by atoms with Crippen LogP contribution in [0, 0.1) is 0 Å². The van der Waals surface area contributed by atoms with Crippen molar-refractivity contribution in [3.8, 4) is 0 Å². The summed E-state index contributed by atoms with van der Waals surface area (Å²) < 4.78 is 24.1. The number of unbranched alkanes of at least 4 members (excludes halogenated alkanes) is 1. The number of aromatic nitrogens is 3. The maximum atomic E-state index is 12.3. The van der Waals surface area contributed by atoms with Gasteiger partial charge in [0.25, 0.3) is 0 Å². The van der Waals surface area contributed by atoms with E-state index in [1.807, 2.05) is 24.0 Å². The van der Waals surface area contributed by atoms with Crippen molar-refractivity contribution < 1.29 is 38.4 Å². The van der Waals surface area contributed by atoms with E-state index in [1.54, 1.807) is 16.8 Å². The Morgan fingerprint density at radius 1 is 1.04 bits per heavy atom. The second-order valence-corrected chi connectivity index (χ2v) is 13.9. The number of aliphatic hydroxyl groups is 1. The SMILES string of the molecule is Nc1cc(CCCOCc2cn(CCOCCOCCOCCNC(=O)CCCC[C@@H]3SC[C@@H]4NC(=O)N[C@@H]43)nn2)ccc1C(=O)C[C@H](N)CO. The number of hydrogen-bond donors (Lipinski definition) is 6. The van der Waals surface area contributed by atoms with Crippen LogP contribution in [-0.2, 0) is 43.3 Å². The van der Waals surface area contributed by atoms with Crippen LogP contribution in [0.4, 0.5) is 10.5 Å². The Labute approximate surface area is 303 Å². The lowest BCUT2D eigenvalue weighted by atomic mass is 9.99. The zero-order valence-corrected chi connectivity index (χ0v) is 30.1. The van der Waals surface area contributed by atoms with Crippen molar-refractivity contribution >= 4 is 35.2 Å². The molecule has 51 heavy (non-hydrogen) atoms. The Hall–Kier alpha value is -3.32. The summed E-state index contributed by atoms with van der Waals surface area (Å²) in [5.41, 5.74) is 14.3. The van der Waals surface area contributed by atoms with Crippen molar-refractivity contribution in [3.05, 3.63) is 41.2 Å². The molecule has 0 aliphatic carbocycles. The van der Waals surface area contributed by atoms with E-state index in [1.165, 1.54) is 0 Å². The van der Waals surface area contributed by atoms with Gasteiger partial charge in [0.05, 0.1) is 77.7 Å². The van der Waals surface area contributed by atoms with Crippen LogP contribution in [0.3, 0.4) is 0 Å². The van der Waals surface area contributed by atoms with Crippen molar-refractivity contribution in [2.24, 2.45) is 5.73 Å². The molecule has 0 unspecified atom stereocenters. The first-order valence-electron chi connectivity index (χ1n) is 17.8. The summed E-state index contributed by atoms with van der Waals surface area (Å²) in [6, 6.07) is 5.18. The van der Waals surface area contributed by atoms with E-state index in [4.69, 9.17) is 35.5 Å². The van der Waals surface area contributed by atoms with Crippen molar-refractivity contribution in [3.63, 3.8) is 0 Å². The summed E-state index contributed by atoms with van der Waals surface area (Å²) in [6.45, 7) is 4.38. The third kappa shape index (κ3) is 14.7. The van der Waals surface area contributed by atoms with Crippen LogP contribution < -0.4 is 27.4 Å². The Balaban J connectivity index is 0.901. The predicted octanol–water partition coefficient (Wildman–Crippen LogP) is 0.794. The third-order valence-corrected chi connectivity index (χ3v) is 10.1. The number of ether oxygens (including phenoxy) is 4. The Morgan fingerprint density at radius 2 is 1.82 bits per heavy atom. The monoisotopic (exact) mass is 734 g/mol. The first-order chi connectivity index (χ1) is 24.8. The maximum absolute atomic E-state index is 12.3. The molecule has 0 spiro atoms. The second kappa shape index (κ2) is 22.6. The quantitative estimate of drug-likeness (QED) is 0.0324. The topological polar surface area (TPSA) is 227 Å². The lowest BCUT2D eigenvalue weighted by Crippen LogP contribution is -2.36. The molecule has 0 radical (unpaired) electrons. The molecule has 284 valence electrons. The first-order valence-corrected chi connectivity index (χ1v) is 18.8. The van der Waals surface area contributed by atoms with Crippen LogP contribution in [0.25, 0.3) is 0 Å². The van der Waals surface area contributed by atoms with Crippen LogP contribution in [0.2, 0.25) is 0 Å². The van der Waals surface area contributed by atoms with Gasteiger partial charge in [0.15, 0.2) is 5.78 Å². The Kier molecular flexibility index (Phi) is 17.9. The first kappa shape index (κ1) is 40.5. The molecule has 1 aromatic carbocycles. The fourth-order valence-electron chi connectivity index (χ4n) is 5.83. The van der Waals surface area contributed by atoms with E-state index in [9.17, 15) is 14.4 Å². The molecule has 1 aromatic heterocycles. The number of rotatable bonds is 27. The summed E-state index contributed by atoms with van der Waals surface area (Å²) in [7, 11) is 0. The molecule has 2 aliphatic rings. The average molecular weight is 735 g/mol. The van der Waals surface area contributed by atoms with E-state index in [0.29, 0.717) is 88.9 Å². The summed E-state index contributed by atoms with van der Waals surface area (Å²) in [5, 5.41) is 26.6. The molecule has 2 fully saturated rings. The Morgan fingerprint density at radius 3 is 2.61 bits per heavy atom. The molecule has 2 aromatic rings. The number of nitrogens with zero attached hydrogens (tertiary/aromatic N) is 3. The summed E-state index contributed by atoms with van der Waals surface area (Å²) in [4.78, 5) is 35.8. The number of aryl methyl sites for hydroxylation is 1. The molecule has 4 atom stereocenters. The minimum absolute atomic E-state index is 0.0340. The number of nitrogens with two attached hydrogens (primary N) is 2. The number of benzene rings is 1. The molecule has 17 heteroatoms. The molecule has 16 nitrogen and oxygen atoms in total. The fourth-order valence-corrected chi connectivity index (χ4v) is 7.37. The number of anilines is 1. The standard InChI is InChI=1S/C34H54N8O8S/c35-25(21-43)19-30(44)27-8-7-24(18-28(27)36)4-3-11-50-22-26-20-42(41-40-26)10-13-48-15-17-49-16-14-47-12-9-37-32(45)6-2-1-5-31-33-29(23-51-31)38-34(46)39-33/h7-8,18,20,25,29,31,33,43H,1-6,9-17,19,21-23,35-36H2,(H,37,45)(H2,38,39,46)/t25-,29-,31-,33-/m0/s1. The van der Waals surface area contributed by atoms with Crippen LogP contribution in [0.5, 0.6) is 0 Å². The number of amides is 3. The van der Waals surface area contributed by atoms with E-state index in [2.05, 4.69) is 26.3 Å². The highest BCUT2D eigenvalue weighted by molar-refractivity contribution is 8.00. The Bertz CT molecular complexity index is 1370. The van der Waals surface area contributed by atoms with Gasteiger partial charge in [0.1, 0.15) is 5.69 Å². The van der Waals surface area contributed by atoms with Crippen molar-refractivity contribution in [1.82, 2.24) is 30.9 Å². The van der Waals surface area contributed by atoms with Crippen LogP contribution in [0.1, 0.15) is 60.1 Å². The van der Waals surface area contributed by atoms with Gasteiger partial charge in [0.2, 0.25) is 5.91 Å². The molecule has 3 amide bonds. The summed E-state index contributed by atoms with van der Waals surface area (Å²) in [5.74, 6) is 0.810. The smallest absolute Gasteiger partial charge is 0.315 e. The van der Waals surface area contributed by atoms with Crippen molar-refractivity contribution in [2.45, 2.75) is 81.5 Å². The number of nitrogens with one attached hydrogen (secondary N) is 3. The molecule has 0 saturated carbocycles.